The molecule has 1 rings (SSSR count). The van der Waals surface area contributed by atoms with Gasteiger partial charge < -0.3 is 10.4 Å². The van der Waals surface area contributed by atoms with E-state index in [0.717, 1.165) is 5.56 Å². The molecule has 3 nitrogen and oxygen atoms in total. The normalized spacial score (nSPS) is 12.1. The fourth-order valence-corrected chi connectivity index (χ4v) is 1.76. The van der Waals surface area contributed by atoms with Crippen LogP contribution in [0.2, 0.25) is 0 Å². The molecule has 0 bridgehead atoms. The average molecular weight is 275 g/mol. The van der Waals surface area contributed by atoms with Crippen molar-refractivity contribution in [2.75, 3.05) is 6.61 Å². The fourth-order valence-electron chi connectivity index (χ4n) is 1.76. The zero-order valence-electron chi connectivity index (χ0n) is 12.8. The van der Waals surface area contributed by atoms with E-state index < -0.39 is 5.54 Å². The van der Waals surface area contributed by atoms with Crippen LogP contribution in [-0.4, -0.2) is 23.2 Å². The first-order chi connectivity index (χ1) is 9.34. The number of hydrogen-bond acceptors (Lipinski definition) is 2. The van der Waals surface area contributed by atoms with Crippen LogP contribution in [-0.2, 0) is 4.79 Å². The molecule has 1 amide bonds. The van der Waals surface area contributed by atoms with Crippen molar-refractivity contribution in [3.05, 3.63) is 41.5 Å². The highest BCUT2D eigenvalue weighted by atomic mass is 16.3. The summed E-state index contributed by atoms with van der Waals surface area (Å²) in [5, 5.41) is 11.9. The van der Waals surface area contributed by atoms with E-state index in [2.05, 4.69) is 43.4 Å². The number of hydrogen-bond donors (Lipinski definition) is 2. The highest BCUT2D eigenvalue weighted by Gasteiger charge is 2.17. The van der Waals surface area contributed by atoms with Gasteiger partial charge in [0.25, 0.3) is 0 Å². The summed E-state index contributed by atoms with van der Waals surface area (Å²) in [6, 6.07) is 8.33. The molecule has 0 aliphatic carbocycles. The molecule has 0 atom stereocenters. The molecule has 0 saturated carbocycles. The Labute approximate surface area is 121 Å². The smallest absolute Gasteiger partial charge is 0.224 e. The van der Waals surface area contributed by atoms with Crippen molar-refractivity contribution in [3.63, 3.8) is 0 Å². The van der Waals surface area contributed by atoms with Crippen LogP contribution in [0.1, 0.15) is 51.2 Å². The van der Waals surface area contributed by atoms with E-state index in [1.165, 1.54) is 5.56 Å². The third-order valence-corrected chi connectivity index (χ3v) is 3.09. The summed E-state index contributed by atoms with van der Waals surface area (Å²) >= 11 is 0. The highest BCUT2D eigenvalue weighted by Crippen LogP contribution is 2.15. The van der Waals surface area contributed by atoms with Gasteiger partial charge in [0.15, 0.2) is 0 Å². The molecule has 20 heavy (non-hydrogen) atoms. The molecule has 110 valence electrons. The van der Waals surface area contributed by atoms with Crippen molar-refractivity contribution >= 4 is 12.0 Å². The van der Waals surface area contributed by atoms with Crippen LogP contribution in [0.4, 0.5) is 0 Å². The van der Waals surface area contributed by atoms with Gasteiger partial charge in [-0.1, -0.05) is 50.3 Å². The molecule has 0 fully saturated rings. The molecule has 0 saturated heterocycles. The number of rotatable bonds is 6. The average Bonchev–Trinajstić information content (AvgIpc) is 2.38. The SMILES string of the molecule is CC(C)c1ccc(/C=C/CC(=O)NC(C)(C)CO)cc1. The quantitative estimate of drug-likeness (QED) is 0.838. The minimum absolute atomic E-state index is 0.0703. The monoisotopic (exact) mass is 275 g/mol. The van der Waals surface area contributed by atoms with Crippen LogP contribution in [0.25, 0.3) is 6.08 Å². The zero-order valence-corrected chi connectivity index (χ0v) is 12.8. The van der Waals surface area contributed by atoms with E-state index in [1.807, 2.05) is 12.2 Å². The van der Waals surface area contributed by atoms with Gasteiger partial charge in [0.05, 0.1) is 12.1 Å². The molecule has 0 heterocycles. The third-order valence-electron chi connectivity index (χ3n) is 3.09. The van der Waals surface area contributed by atoms with Gasteiger partial charge >= 0.3 is 0 Å². The van der Waals surface area contributed by atoms with Crippen LogP contribution in [0.3, 0.4) is 0 Å². The predicted octanol–water partition coefficient (Wildman–Crippen LogP) is 3.10. The first-order valence-corrected chi connectivity index (χ1v) is 7.02. The summed E-state index contributed by atoms with van der Waals surface area (Å²) in [6.07, 6.45) is 4.10. The Morgan fingerprint density at radius 2 is 1.90 bits per heavy atom. The molecule has 1 aromatic rings. The maximum Gasteiger partial charge on any atom is 0.224 e. The molecule has 2 N–H and O–H groups in total. The Morgan fingerprint density at radius 1 is 1.30 bits per heavy atom. The van der Waals surface area contributed by atoms with Crippen molar-refractivity contribution < 1.29 is 9.90 Å². The number of benzene rings is 1. The second-order valence-corrected chi connectivity index (χ2v) is 6.02. The van der Waals surface area contributed by atoms with E-state index in [4.69, 9.17) is 5.11 Å². The number of aliphatic hydroxyl groups is 1. The van der Waals surface area contributed by atoms with E-state index >= 15 is 0 Å². The molecule has 0 aliphatic rings. The topological polar surface area (TPSA) is 49.3 Å². The summed E-state index contributed by atoms with van der Waals surface area (Å²) in [4.78, 5) is 11.7. The number of aliphatic hydroxyl groups excluding tert-OH is 1. The van der Waals surface area contributed by atoms with Crippen LogP contribution in [0.5, 0.6) is 0 Å². The van der Waals surface area contributed by atoms with Gasteiger partial charge in [-0.25, -0.2) is 0 Å². The summed E-state index contributed by atoms with van der Waals surface area (Å²) < 4.78 is 0. The minimum atomic E-state index is -0.566. The number of nitrogens with one attached hydrogen (secondary N) is 1. The van der Waals surface area contributed by atoms with E-state index in [1.54, 1.807) is 13.8 Å². The minimum Gasteiger partial charge on any atom is -0.394 e. The molecular formula is C17H25NO2. The van der Waals surface area contributed by atoms with Crippen LogP contribution < -0.4 is 5.32 Å². The second-order valence-electron chi connectivity index (χ2n) is 6.02. The Hall–Kier alpha value is -1.61. The second kappa shape index (κ2) is 7.25. The Morgan fingerprint density at radius 3 is 2.40 bits per heavy atom. The first-order valence-electron chi connectivity index (χ1n) is 7.02. The van der Waals surface area contributed by atoms with E-state index in [-0.39, 0.29) is 12.5 Å². The molecule has 0 aliphatic heterocycles. The lowest BCUT2D eigenvalue weighted by Gasteiger charge is -2.22. The summed E-state index contributed by atoms with van der Waals surface area (Å²) in [7, 11) is 0. The standard InChI is InChI=1S/C17H25NO2/c1-13(2)15-10-8-14(9-11-15)6-5-7-16(20)18-17(3,4)12-19/h5-6,8-11,13,19H,7,12H2,1-4H3,(H,18,20)/b6-5+. The van der Waals surface area contributed by atoms with Crippen molar-refractivity contribution in [2.24, 2.45) is 0 Å². The van der Waals surface area contributed by atoms with Crippen LogP contribution in [0, 0.1) is 0 Å². The van der Waals surface area contributed by atoms with Gasteiger partial charge in [0.2, 0.25) is 5.91 Å². The van der Waals surface area contributed by atoms with Crippen LogP contribution >= 0.6 is 0 Å². The number of carbonyl (C=O) groups excluding carboxylic acids is 1. The molecule has 0 radical (unpaired) electrons. The van der Waals surface area contributed by atoms with E-state index in [0.29, 0.717) is 12.3 Å². The Balaban J connectivity index is 2.50. The van der Waals surface area contributed by atoms with Crippen molar-refractivity contribution in [2.45, 2.75) is 45.6 Å². The maximum atomic E-state index is 11.7. The largest absolute Gasteiger partial charge is 0.394 e. The van der Waals surface area contributed by atoms with Crippen molar-refractivity contribution in [1.82, 2.24) is 5.32 Å². The molecule has 0 spiro atoms. The third kappa shape index (κ3) is 5.57. The highest BCUT2D eigenvalue weighted by molar-refractivity contribution is 5.79. The summed E-state index contributed by atoms with van der Waals surface area (Å²) in [5.74, 6) is 0.443. The van der Waals surface area contributed by atoms with Gasteiger partial charge in [-0.15, -0.1) is 0 Å². The van der Waals surface area contributed by atoms with Gasteiger partial charge in [-0.05, 0) is 30.9 Å². The molecule has 3 heteroatoms. The Bertz CT molecular complexity index is 458. The zero-order chi connectivity index (χ0) is 15.2. The molecule has 0 unspecified atom stereocenters. The molecule has 0 aromatic heterocycles. The van der Waals surface area contributed by atoms with Gasteiger partial charge in [0, 0.05) is 6.42 Å². The van der Waals surface area contributed by atoms with Crippen LogP contribution in [0.15, 0.2) is 30.3 Å². The lowest BCUT2D eigenvalue weighted by molar-refractivity contribution is -0.122. The van der Waals surface area contributed by atoms with Gasteiger partial charge in [-0.2, -0.15) is 0 Å². The number of carbonyl (C=O) groups is 1. The summed E-state index contributed by atoms with van der Waals surface area (Å²) in [5.41, 5.74) is 1.83. The predicted molar refractivity (Wildman–Crippen MR) is 83.5 cm³/mol. The molecular weight excluding hydrogens is 250 g/mol. The lowest BCUT2D eigenvalue weighted by Crippen LogP contribution is -2.46. The van der Waals surface area contributed by atoms with Gasteiger partial charge in [-0.3, -0.25) is 4.79 Å². The van der Waals surface area contributed by atoms with E-state index in [9.17, 15) is 4.79 Å². The Kier molecular flexibility index (Phi) is 5.96. The van der Waals surface area contributed by atoms with Gasteiger partial charge in [0.1, 0.15) is 0 Å². The lowest BCUT2D eigenvalue weighted by atomic mass is 10.0. The fraction of sp³-hybridized carbons (Fsp3) is 0.471. The summed E-state index contributed by atoms with van der Waals surface area (Å²) in [6.45, 7) is 7.84. The molecule has 1 aromatic carbocycles. The van der Waals surface area contributed by atoms with Crippen molar-refractivity contribution in [3.8, 4) is 0 Å². The maximum absolute atomic E-state index is 11.7. The van der Waals surface area contributed by atoms with Crippen molar-refractivity contribution in [1.29, 1.82) is 0 Å². The first kappa shape index (κ1) is 16.4. The number of amides is 1.